The van der Waals surface area contributed by atoms with Crippen LogP contribution in [0.2, 0.25) is 0 Å². The van der Waals surface area contributed by atoms with Gasteiger partial charge >= 0.3 is 5.97 Å². The molecular weight excluding hydrogens is 364 g/mol. The summed E-state index contributed by atoms with van der Waals surface area (Å²) in [5.41, 5.74) is 2.20. The van der Waals surface area contributed by atoms with Crippen LogP contribution in [0.5, 0.6) is 5.19 Å². The molecule has 6 nitrogen and oxygen atoms in total. The number of aromatic nitrogens is 2. The molecule has 1 aliphatic rings. The van der Waals surface area contributed by atoms with Gasteiger partial charge in [0.15, 0.2) is 0 Å². The monoisotopic (exact) mass is 386 g/mol. The first-order valence-corrected chi connectivity index (χ1v) is 9.78. The highest BCUT2D eigenvalue weighted by Gasteiger charge is 2.30. The molecule has 1 fully saturated rings. The number of hydrogen-bond donors (Lipinski definition) is 2. The molecule has 1 aromatic carbocycles. The van der Waals surface area contributed by atoms with E-state index in [1.807, 2.05) is 6.07 Å². The molecular formula is C20H22N2O4S. The van der Waals surface area contributed by atoms with Gasteiger partial charge in [-0.1, -0.05) is 17.4 Å². The van der Waals surface area contributed by atoms with E-state index < -0.39 is 5.97 Å². The zero-order valence-electron chi connectivity index (χ0n) is 15.3. The van der Waals surface area contributed by atoms with Crippen molar-refractivity contribution in [2.75, 3.05) is 6.61 Å². The second-order valence-electron chi connectivity index (χ2n) is 7.65. The van der Waals surface area contributed by atoms with Crippen molar-refractivity contribution in [3.8, 4) is 5.19 Å². The van der Waals surface area contributed by atoms with Crippen molar-refractivity contribution in [3.63, 3.8) is 0 Å². The number of thiazole rings is 1. The van der Waals surface area contributed by atoms with E-state index >= 15 is 0 Å². The molecule has 0 spiro atoms. The van der Waals surface area contributed by atoms with E-state index in [2.05, 4.69) is 31.0 Å². The zero-order valence-corrected chi connectivity index (χ0v) is 16.1. The molecule has 0 radical (unpaired) electrons. The molecule has 7 heteroatoms. The summed E-state index contributed by atoms with van der Waals surface area (Å²) in [5, 5.41) is 20.0. The number of aromatic hydroxyl groups is 1. The summed E-state index contributed by atoms with van der Waals surface area (Å²) in [7, 11) is 0. The third kappa shape index (κ3) is 3.57. The SMILES string of the molecule is CC1(C)C[C@H](c2ccc3c(c2)cc(C(=O)O)n3Cc2cnc(O)s2)CCO1. The van der Waals surface area contributed by atoms with Crippen LogP contribution in [0.3, 0.4) is 0 Å². The number of benzene rings is 1. The minimum absolute atomic E-state index is 0.0113. The number of carboxylic acid groups (broad SMARTS) is 1. The number of ether oxygens (including phenoxy) is 1. The third-order valence-electron chi connectivity index (χ3n) is 5.17. The first-order valence-electron chi connectivity index (χ1n) is 8.96. The van der Waals surface area contributed by atoms with Crippen LogP contribution in [0, 0.1) is 0 Å². The normalized spacial score (nSPS) is 19.4. The van der Waals surface area contributed by atoms with Gasteiger partial charge in [-0.3, -0.25) is 0 Å². The highest BCUT2D eigenvalue weighted by Crippen LogP contribution is 2.37. The summed E-state index contributed by atoms with van der Waals surface area (Å²) in [5.74, 6) is -0.554. The van der Waals surface area contributed by atoms with E-state index in [0.29, 0.717) is 12.5 Å². The van der Waals surface area contributed by atoms with E-state index in [1.54, 1.807) is 16.8 Å². The van der Waals surface area contributed by atoms with E-state index in [4.69, 9.17) is 4.74 Å². The minimum Gasteiger partial charge on any atom is -0.486 e. The van der Waals surface area contributed by atoms with Gasteiger partial charge in [0.2, 0.25) is 0 Å². The Kier molecular flexibility index (Phi) is 4.44. The average molecular weight is 386 g/mol. The molecule has 0 unspecified atom stereocenters. The van der Waals surface area contributed by atoms with Crippen molar-refractivity contribution in [3.05, 3.63) is 46.6 Å². The molecule has 3 heterocycles. The Morgan fingerprint density at radius 3 is 2.89 bits per heavy atom. The Morgan fingerprint density at radius 1 is 1.41 bits per heavy atom. The topological polar surface area (TPSA) is 84.6 Å². The summed E-state index contributed by atoms with van der Waals surface area (Å²) < 4.78 is 7.59. The highest BCUT2D eigenvalue weighted by molar-refractivity contribution is 7.13. The maximum absolute atomic E-state index is 11.8. The lowest BCUT2D eigenvalue weighted by molar-refractivity contribution is -0.0592. The maximum Gasteiger partial charge on any atom is 0.352 e. The molecule has 0 saturated carbocycles. The van der Waals surface area contributed by atoms with Crippen molar-refractivity contribution in [2.45, 2.75) is 44.8 Å². The van der Waals surface area contributed by atoms with E-state index in [9.17, 15) is 15.0 Å². The van der Waals surface area contributed by atoms with E-state index in [-0.39, 0.29) is 16.5 Å². The van der Waals surface area contributed by atoms with Crippen LogP contribution in [0.15, 0.2) is 30.5 Å². The summed E-state index contributed by atoms with van der Waals surface area (Å²) in [4.78, 5) is 16.4. The Morgan fingerprint density at radius 2 is 2.22 bits per heavy atom. The number of fused-ring (bicyclic) bond motifs is 1. The summed E-state index contributed by atoms with van der Waals surface area (Å²) in [6.45, 7) is 5.33. The van der Waals surface area contributed by atoms with Gasteiger partial charge in [0.25, 0.3) is 5.19 Å². The molecule has 2 N–H and O–H groups in total. The molecule has 0 amide bonds. The average Bonchev–Trinajstić information content (AvgIpc) is 3.17. The van der Waals surface area contributed by atoms with Crippen LogP contribution in [0.25, 0.3) is 10.9 Å². The predicted octanol–water partition coefficient (Wildman–Crippen LogP) is 4.22. The fraction of sp³-hybridized carbons (Fsp3) is 0.400. The lowest BCUT2D eigenvalue weighted by Gasteiger charge is -2.35. The van der Waals surface area contributed by atoms with Gasteiger partial charge in [-0.05, 0) is 56.4 Å². The Labute approximate surface area is 161 Å². The highest BCUT2D eigenvalue weighted by atomic mass is 32.1. The molecule has 142 valence electrons. The fourth-order valence-corrected chi connectivity index (χ4v) is 4.57. The Balaban J connectivity index is 1.73. The van der Waals surface area contributed by atoms with Gasteiger partial charge < -0.3 is 19.5 Å². The predicted molar refractivity (Wildman–Crippen MR) is 104 cm³/mol. The molecule has 0 aliphatic carbocycles. The molecule has 1 aliphatic heterocycles. The van der Waals surface area contributed by atoms with Crippen LogP contribution < -0.4 is 0 Å². The molecule has 4 rings (SSSR count). The van der Waals surface area contributed by atoms with Crippen LogP contribution in [0.4, 0.5) is 0 Å². The van der Waals surface area contributed by atoms with Crippen molar-refractivity contribution < 1.29 is 19.7 Å². The number of rotatable bonds is 4. The maximum atomic E-state index is 11.8. The number of carboxylic acids is 1. The van der Waals surface area contributed by atoms with Crippen molar-refractivity contribution >= 4 is 28.2 Å². The first kappa shape index (κ1) is 18.0. The van der Waals surface area contributed by atoms with Gasteiger partial charge in [-0.2, -0.15) is 0 Å². The number of carbonyl (C=O) groups is 1. The molecule has 3 aromatic rings. The van der Waals surface area contributed by atoms with Crippen molar-refractivity contribution in [2.24, 2.45) is 0 Å². The Bertz CT molecular complexity index is 1000. The summed E-state index contributed by atoms with van der Waals surface area (Å²) in [6, 6.07) is 7.93. The number of nitrogens with zero attached hydrogens (tertiary/aromatic N) is 2. The lowest BCUT2D eigenvalue weighted by atomic mass is 9.83. The zero-order chi connectivity index (χ0) is 19.2. The van der Waals surface area contributed by atoms with Crippen LogP contribution >= 0.6 is 11.3 Å². The summed E-state index contributed by atoms with van der Waals surface area (Å²) >= 11 is 1.16. The molecule has 27 heavy (non-hydrogen) atoms. The lowest BCUT2D eigenvalue weighted by Crippen LogP contribution is -2.32. The van der Waals surface area contributed by atoms with Crippen molar-refractivity contribution in [1.82, 2.24) is 9.55 Å². The molecule has 0 bridgehead atoms. The first-order chi connectivity index (χ1) is 12.8. The molecule has 2 aromatic heterocycles. The standard InChI is InChI=1S/C20H22N2O4S/c1-20(2)9-13(5-6-26-20)12-3-4-16-14(7-12)8-17(18(23)24)22(16)11-15-10-21-19(25)27-15/h3-4,7-8,10,13H,5-6,9,11H2,1-2H3,(H,21,25)(H,23,24)/t13-/m1/s1. The van der Waals surface area contributed by atoms with E-state index in [0.717, 1.165) is 46.6 Å². The van der Waals surface area contributed by atoms with Crippen LogP contribution in [0.1, 0.15) is 53.5 Å². The van der Waals surface area contributed by atoms with Gasteiger partial charge in [-0.25, -0.2) is 9.78 Å². The number of aromatic carboxylic acids is 1. The third-order valence-corrected chi connectivity index (χ3v) is 5.95. The fourth-order valence-electron chi connectivity index (χ4n) is 3.93. The minimum atomic E-state index is -0.964. The summed E-state index contributed by atoms with van der Waals surface area (Å²) in [6.07, 6.45) is 3.50. The van der Waals surface area contributed by atoms with Crippen LogP contribution in [-0.2, 0) is 11.3 Å². The van der Waals surface area contributed by atoms with E-state index in [1.165, 1.54) is 5.56 Å². The largest absolute Gasteiger partial charge is 0.486 e. The second-order valence-corrected chi connectivity index (χ2v) is 8.74. The molecule has 1 saturated heterocycles. The quantitative estimate of drug-likeness (QED) is 0.701. The van der Waals surface area contributed by atoms with Gasteiger partial charge in [0.1, 0.15) is 5.69 Å². The molecule has 1 atom stereocenters. The van der Waals surface area contributed by atoms with Gasteiger partial charge in [0.05, 0.1) is 12.1 Å². The van der Waals surface area contributed by atoms with Crippen LogP contribution in [-0.4, -0.2) is 37.9 Å². The van der Waals surface area contributed by atoms with Gasteiger partial charge in [-0.15, -0.1) is 0 Å². The number of hydrogen-bond acceptors (Lipinski definition) is 5. The van der Waals surface area contributed by atoms with Gasteiger partial charge in [0, 0.05) is 28.6 Å². The smallest absolute Gasteiger partial charge is 0.352 e. The van der Waals surface area contributed by atoms with Crippen molar-refractivity contribution in [1.29, 1.82) is 0 Å². The Hall–Kier alpha value is -2.38. The second kappa shape index (κ2) is 6.65.